The zero-order valence-electron chi connectivity index (χ0n) is 12.0. The van der Waals surface area contributed by atoms with Gasteiger partial charge in [0.05, 0.1) is 30.0 Å². The smallest absolute Gasteiger partial charge is 0.338 e. The molecular formula is C15H15NO5S. The van der Waals surface area contributed by atoms with Crippen LogP contribution in [-0.4, -0.2) is 27.2 Å². The third kappa shape index (κ3) is 2.85. The van der Waals surface area contributed by atoms with Gasteiger partial charge in [-0.15, -0.1) is 0 Å². The van der Waals surface area contributed by atoms with Crippen LogP contribution >= 0.6 is 0 Å². The van der Waals surface area contributed by atoms with E-state index in [1.165, 1.54) is 23.1 Å². The summed E-state index contributed by atoms with van der Waals surface area (Å²) in [6.07, 6.45) is 4.79. The number of anilines is 1. The van der Waals surface area contributed by atoms with Crippen LogP contribution < -0.4 is 4.31 Å². The number of benzene rings is 1. The van der Waals surface area contributed by atoms with Crippen molar-refractivity contribution in [3.63, 3.8) is 0 Å². The molecule has 0 aliphatic carbocycles. The Labute approximate surface area is 128 Å². The summed E-state index contributed by atoms with van der Waals surface area (Å²) < 4.78 is 34.8. The molecule has 0 bridgehead atoms. The van der Waals surface area contributed by atoms with Crippen LogP contribution in [0.3, 0.4) is 0 Å². The Kier molecular flexibility index (Phi) is 3.66. The summed E-state index contributed by atoms with van der Waals surface area (Å²) in [5, 5.41) is 0. The molecule has 1 aromatic carbocycles. The molecule has 1 aromatic heterocycles. The van der Waals surface area contributed by atoms with Crippen LogP contribution in [-0.2, 0) is 27.8 Å². The number of hydrogen-bond acceptors (Lipinski definition) is 5. The maximum atomic E-state index is 12.0. The summed E-state index contributed by atoms with van der Waals surface area (Å²) in [6, 6.07) is 6.65. The highest BCUT2D eigenvalue weighted by Gasteiger charge is 2.26. The number of hydrogen-bond donors (Lipinski definition) is 0. The highest BCUT2D eigenvalue weighted by Crippen LogP contribution is 2.30. The quantitative estimate of drug-likeness (QED) is 0.805. The Hall–Kier alpha value is -2.28. The summed E-state index contributed by atoms with van der Waals surface area (Å²) in [7, 11) is -3.28. The molecule has 1 aliphatic rings. The normalized spacial score (nSPS) is 14.0. The summed E-state index contributed by atoms with van der Waals surface area (Å²) >= 11 is 0. The van der Waals surface area contributed by atoms with E-state index in [9.17, 15) is 13.2 Å². The first-order valence-electron chi connectivity index (χ1n) is 6.74. The molecule has 2 heterocycles. The molecule has 0 unspecified atom stereocenters. The minimum Gasteiger partial charge on any atom is -0.472 e. The fourth-order valence-electron chi connectivity index (χ4n) is 2.45. The molecule has 22 heavy (non-hydrogen) atoms. The summed E-state index contributed by atoms with van der Waals surface area (Å²) in [5.74, 6) is -0.443. The number of ether oxygens (including phenoxy) is 1. The second kappa shape index (κ2) is 5.49. The van der Waals surface area contributed by atoms with Gasteiger partial charge in [0.25, 0.3) is 0 Å². The number of esters is 1. The van der Waals surface area contributed by atoms with E-state index < -0.39 is 16.0 Å². The fraction of sp³-hybridized carbons (Fsp3) is 0.267. The van der Waals surface area contributed by atoms with Crippen LogP contribution in [0.4, 0.5) is 5.69 Å². The Morgan fingerprint density at radius 3 is 2.86 bits per heavy atom. The van der Waals surface area contributed by atoms with Gasteiger partial charge in [-0.3, -0.25) is 4.31 Å². The zero-order chi connectivity index (χ0) is 15.7. The first-order chi connectivity index (χ1) is 10.4. The minimum atomic E-state index is -3.28. The molecular weight excluding hydrogens is 306 g/mol. The molecule has 7 heteroatoms. The van der Waals surface area contributed by atoms with E-state index in [0.29, 0.717) is 24.2 Å². The van der Waals surface area contributed by atoms with E-state index in [4.69, 9.17) is 9.15 Å². The average molecular weight is 321 g/mol. The zero-order valence-corrected chi connectivity index (χ0v) is 12.8. The monoisotopic (exact) mass is 321 g/mol. The summed E-state index contributed by atoms with van der Waals surface area (Å²) in [6.45, 7) is 0.545. The van der Waals surface area contributed by atoms with Crippen molar-refractivity contribution < 1.29 is 22.4 Å². The molecule has 3 rings (SSSR count). The van der Waals surface area contributed by atoms with E-state index in [1.807, 2.05) is 0 Å². The van der Waals surface area contributed by atoms with Crippen LogP contribution in [0.25, 0.3) is 0 Å². The van der Waals surface area contributed by atoms with Crippen molar-refractivity contribution in [3.05, 3.63) is 53.5 Å². The van der Waals surface area contributed by atoms with Crippen molar-refractivity contribution in [2.75, 3.05) is 17.1 Å². The van der Waals surface area contributed by atoms with Crippen molar-refractivity contribution in [2.45, 2.75) is 13.0 Å². The fourth-order valence-corrected chi connectivity index (χ4v) is 3.41. The lowest BCUT2D eigenvalue weighted by atomic mass is 10.1. The Bertz CT molecular complexity index is 795. The lowest BCUT2D eigenvalue weighted by Gasteiger charge is -2.16. The predicted octanol–water partition coefficient (Wildman–Crippen LogP) is 1.96. The van der Waals surface area contributed by atoms with Gasteiger partial charge in [-0.05, 0) is 36.2 Å². The van der Waals surface area contributed by atoms with E-state index in [2.05, 4.69) is 0 Å². The van der Waals surface area contributed by atoms with E-state index in [-0.39, 0.29) is 6.61 Å². The number of rotatable bonds is 4. The molecule has 0 N–H and O–H groups in total. The average Bonchev–Trinajstić information content (AvgIpc) is 3.12. The van der Waals surface area contributed by atoms with Crippen LogP contribution in [0.1, 0.15) is 21.5 Å². The van der Waals surface area contributed by atoms with Gasteiger partial charge in [0.2, 0.25) is 10.0 Å². The van der Waals surface area contributed by atoms with Crippen LogP contribution in [0.5, 0.6) is 0 Å². The molecule has 0 saturated carbocycles. The first-order valence-corrected chi connectivity index (χ1v) is 8.59. The second-order valence-corrected chi connectivity index (χ2v) is 7.04. The van der Waals surface area contributed by atoms with Gasteiger partial charge in [0.1, 0.15) is 6.61 Å². The van der Waals surface area contributed by atoms with Crippen molar-refractivity contribution in [2.24, 2.45) is 0 Å². The number of nitrogens with zero attached hydrogens (tertiary/aromatic N) is 1. The molecule has 1 aliphatic heterocycles. The molecule has 0 spiro atoms. The van der Waals surface area contributed by atoms with Crippen LogP contribution in [0.2, 0.25) is 0 Å². The van der Waals surface area contributed by atoms with Crippen molar-refractivity contribution in [1.29, 1.82) is 0 Å². The number of furan rings is 1. The lowest BCUT2D eigenvalue weighted by Crippen LogP contribution is -2.27. The van der Waals surface area contributed by atoms with Gasteiger partial charge in [0.15, 0.2) is 0 Å². The minimum absolute atomic E-state index is 0.141. The van der Waals surface area contributed by atoms with Crippen molar-refractivity contribution in [1.82, 2.24) is 0 Å². The molecule has 0 saturated heterocycles. The standard InChI is InChI=1S/C15H15NO5S/c1-22(18,19)16-6-4-12-8-13(2-3-14(12)16)15(17)21-10-11-5-7-20-9-11/h2-3,5,7-9H,4,6,10H2,1H3. The Morgan fingerprint density at radius 2 is 2.18 bits per heavy atom. The molecule has 0 fully saturated rings. The maximum Gasteiger partial charge on any atom is 0.338 e. The third-order valence-corrected chi connectivity index (χ3v) is 4.70. The molecule has 2 aromatic rings. The molecule has 0 atom stereocenters. The van der Waals surface area contributed by atoms with Gasteiger partial charge in [-0.1, -0.05) is 0 Å². The van der Waals surface area contributed by atoms with E-state index >= 15 is 0 Å². The number of sulfonamides is 1. The summed E-state index contributed by atoms with van der Waals surface area (Å²) in [5.41, 5.74) is 2.66. The van der Waals surface area contributed by atoms with Gasteiger partial charge in [0, 0.05) is 12.1 Å². The number of fused-ring (bicyclic) bond motifs is 1. The van der Waals surface area contributed by atoms with Gasteiger partial charge < -0.3 is 9.15 Å². The number of carbonyl (C=O) groups is 1. The largest absolute Gasteiger partial charge is 0.472 e. The third-order valence-electron chi connectivity index (χ3n) is 3.52. The van der Waals surface area contributed by atoms with E-state index in [1.54, 1.807) is 24.3 Å². The SMILES string of the molecule is CS(=O)(=O)N1CCc2cc(C(=O)OCc3ccoc3)ccc21. The lowest BCUT2D eigenvalue weighted by molar-refractivity contribution is 0.0472. The molecule has 116 valence electrons. The van der Waals surface area contributed by atoms with Crippen molar-refractivity contribution >= 4 is 21.7 Å². The number of carbonyl (C=O) groups excluding carboxylic acids is 1. The topological polar surface area (TPSA) is 76.8 Å². The van der Waals surface area contributed by atoms with E-state index in [0.717, 1.165) is 11.1 Å². The highest BCUT2D eigenvalue weighted by atomic mass is 32.2. The van der Waals surface area contributed by atoms with Gasteiger partial charge >= 0.3 is 5.97 Å². The Balaban J connectivity index is 1.75. The van der Waals surface area contributed by atoms with Crippen LogP contribution in [0, 0.1) is 0 Å². The highest BCUT2D eigenvalue weighted by molar-refractivity contribution is 7.92. The summed E-state index contributed by atoms with van der Waals surface area (Å²) in [4.78, 5) is 12.0. The first kappa shape index (κ1) is 14.6. The second-order valence-electron chi connectivity index (χ2n) is 5.14. The van der Waals surface area contributed by atoms with Gasteiger partial charge in [-0.2, -0.15) is 0 Å². The van der Waals surface area contributed by atoms with Crippen LogP contribution in [0.15, 0.2) is 41.2 Å². The predicted molar refractivity (Wildman–Crippen MR) is 80.2 cm³/mol. The van der Waals surface area contributed by atoms with Crippen molar-refractivity contribution in [3.8, 4) is 0 Å². The molecule has 0 amide bonds. The Morgan fingerprint density at radius 1 is 1.36 bits per heavy atom. The maximum absolute atomic E-state index is 12.0. The van der Waals surface area contributed by atoms with Gasteiger partial charge in [-0.25, -0.2) is 13.2 Å². The molecule has 0 radical (unpaired) electrons. The molecule has 6 nitrogen and oxygen atoms in total.